The van der Waals surface area contributed by atoms with Gasteiger partial charge in [0.2, 0.25) is 0 Å². The maximum Gasteiger partial charge on any atom is 0.472 e. The van der Waals surface area contributed by atoms with Crippen LogP contribution in [0.5, 0.6) is 0 Å². The number of hydrogen-bond donors (Lipinski definition) is 3. The van der Waals surface area contributed by atoms with E-state index in [2.05, 4.69) is 48.5 Å². The summed E-state index contributed by atoms with van der Waals surface area (Å²) in [6.45, 7) is 12.0. The van der Waals surface area contributed by atoms with Crippen LogP contribution in [0, 0.1) is 17.8 Å². The quantitative estimate of drug-likeness (QED) is 0.0222. The van der Waals surface area contributed by atoms with Gasteiger partial charge in [0.15, 0.2) is 12.2 Å². The molecule has 17 nitrogen and oxygen atoms in total. The Bertz CT molecular complexity index is 2000. The fourth-order valence-corrected chi connectivity index (χ4v) is 14.5. The summed E-state index contributed by atoms with van der Waals surface area (Å²) in [4.78, 5) is 73.1. The third-order valence-electron chi connectivity index (χ3n) is 20.4. The Morgan fingerprint density at radius 3 is 0.738 bits per heavy atom. The highest BCUT2D eigenvalue weighted by molar-refractivity contribution is 7.47. The van der Waals surface area contributed by atoms with E-state index in [4.69, 9.17) is 37.0 Å². The lowest BCUT2D eigenvalue weighted by Gasteiger charge is -2.21. The number of phosphoric ester groups is 2. The molecule has 4 unspecified atom stereocenters. The van der Waals surface area contributed by atoms with E-state index in [1.54, 1.807) is 0 Å². The maximum absolute atomic E-state index is 13.1. The minimum atomic E-state index is -4.96. The monoisotopic (exact) mass is 1510 g/mol. The van der Waals surface area contributed by atoms with Gasteiger partial charge in [0.25, 0.3) is 0 Å². The molecule has 612 valence electrons. The third kappa shape index (κ3) is 75.3. The van der Waals surface area contributed by atoms with Gasteiger partial charge in [0, 0.05) is 25.7 Å². The molecular formula is C84H164O17P2. The van der Waals surface area contributed by atoms with Gasteiger partial charge < -0.3 is 33.8 Å². The van der Waals surface area contributed by atoms with Crippen molar-refractivity contribution in [2.75, 3.05) is 39.6 Å². The molecule has 0 radical (unpaired) electrons. The highest BCUT2D eigenvalue weighted by atomic mass is 31.2. The second kappa shape index (κ2) is 74.2. The van der Waals surface area contributed by atoms with E-state index < -0.39 is 97.5 Å². The average molecular weight is 1510 g/mol. The largest absolute Gasteiger partial charge is 0.472 e. The van der Waals surface area contributed by atoms with E-state index in [-0.39, 0.29) is 25.7 Å². The van der Waals surface area contributed by atoms with Gasteiger partial charge in [0.1, 0.15) is 19.3 Å². The number of hydrogen-bond acceptors (Lipinski definition) is 15. The van der Waals surface area contributed by atoms with Gasteiger partial charge in [-0.05, 0) is 43.4 Å². The molecule has 0 aliphatic carbocycles. The Labute approximate surface area is 632 Å². The first-order chi connectivity index (χ1) is 49.8. The Balaban J connectivity index is 5.23. The number of phosphoric acid groups is 2. The number of esters is 4. The van der Waals surface area contributed by atoms with Crippen molar-refractivity contribution in [3.05, 3.63) is 0 Å². The number of rotatable bonds is 82. The van der Waals surface area contributed by atoms with Crippen LogP contribution in [0.4, 0.5) is 0 Å². The standard InChI is InChI=1S/C84H164O17P2/c1-8-11-12-13-14-15-16-17-22-28-34-39-44-53-60-68-84(89)101-80(72-95-82(87)66-59-52-47-46-50-57-64-77(7)10-3)74-99-103(92,93)97-70-78(85)69-96-102(90,91)98-73-79(71-94-81(86)65-58-51-43-38-33-30-25-26-31-36-41-48-55-62-75(4)5)100-83(88)67-61-54-45-40-35-29-24-21-19-18-20-23-27-32-37-42-49-56-63-76(6)9-2/h75-80,85H,8-74H2,1-7H3,(H,90,91)(H,92,93)/t76?,77?,78-,79-,80-/m1/s1. The first kappa shape index (κ1) is 101. The highest BCUT2D eigenvalue weighted by Gasteiger charge is 2.30. The van der Waals surface area contributed by atoms with Crippen LogP contribution in [0.25, 0.3) is 0 Å². The van der Waals surface area contributed by atoms with E-state index >= 15 is 0 Å². The molecule has 0 rings (SSSR count). The molecule has 0 heterocycles. The summed E-state index contributed by atoms with van der Waals surface area (Å²) >= 11 is 0. The topological polar surface area (TPSA) is 237 Å². The average Bonchev–Trinajstić information content (AvgIpc) is 0.915. The van der Waals surface area contributed by atoms with Crippen LogP contribution in [0.1, 0.15) is 440 Å². The summed E-state index contributed by atoms with van der Waals surface area (Å²) in [7, 11) is -9.93. The second-order valence-corrected chi connectivity index (χ2v) is 34.1. The molecule has 0 aliphatic rings. The molecule has 0 spiro atoms. The number of aliphatic hydroxyl groups is 1. The van der Waals surface area contributed by atoms with Crippen LogP contribution < -0.4 is 0 Å². The fourth-order valence-electron chi connectivity index (χ4n) is 13.0. The van der Waals surface area contributed by atoms with E-state index in [1.807, 2.05) is 0 Å². The predicted octanol–water partition coefficient (Wildman–Crippen LogP) is 25.3. The van der Waals surface area contributed by atoms with E-state index in [9.17, 15) is 43.2 Å². The molecule has 0 aromatic carbocycles. The molecule has 0 fully saturated rings. The first-order valence-corrected chi connectivity index (χ1v) is 46.4. The fraction of sp³-hybridized carbons (Fsp3) is 0.952. The van der Waals surface area contributed by atoms with Gasteiger partial charge in [-0.1, -0.05) is 389 Å². The summed E-state index contributed by atoms with van der Waals surface area (Å²) in [6.07, 6.45) is 63.8. The van der Waals surface area contributed by atoms with Crippen molar-refractivity contribution in [2.24, 2.45) is 17.8 Å². The summed E-state index contributed by atoms with van der Waals surface area (Å²) in [5, 5.41) is 10.7. The molecule has 0 aromatic rings. The number of carbonyl (C=O) groups excluding carboxylic acids is 4. The Kier molecular flexibility index (Phi) is 72.8. The number of ether oxygens (including phenoxy) is 4. The summed E-state index contributed by atoms with van der Waals surface area (Å²) in [6, 6.07) is 0. The van der Waals surface area contributed by atoms with Crippen LogP contribution in [0.2, 0.25) is 0 Å². The molecule has 0 aromatic heterocycles. The molecule has 0 bridgehead atoms. The van der Waals surface area contributed by atoms with Crippen molar-refractivity contribution in [2.45, 2.75) is 458 Å². The zero-order valence-corrected chi connectivity index (χ0v) is 69.6. The maximum atomic E-state index is 13.1. The van der Waals surface area contributed by atoms with Crippen LogP contribution >= 0.6 is 15.6 Å². The van der Waals surface area contributed by atoms with Crippen LogP contribution in [0.15, 0.2) is 0 Å². The molecule has 0 saturated heterocycles. The van der Waals surface area contributed by atoms with Crippen molar-refractivity contribution in [1.82, 2.24) is 0 Å². The van der Waals surface area contributed by atoms with Crippen molar-refractivity contribution < 1.29 is 80.2 Å². The Morgan fingerprint density at radius 1 is 0.282 bits per heavy atom. The lowest BCUT2D eigenvalue weighted by Crippen LogP contribution is -2.30. The number of aliphatic hydroxyl groups excluding tert-OH is 1. The van der Waals surface area contributed by atoms with E-state index in [0.29, 0.717) is 25.7 Å². The molecule has 7 atom stereocenters. The highest BCUT2D eigenvalue weighted by Crippen LogP contribution is 2.45. The number of unbranched alkanes of at least 4 members (excludes halogenated alkanes) is 48. The molecule has 0 saturated carbocycles. The Morgan fingerprint density at radius 2 is 0.495 bits per heavy atom. The van der Waals surface area contributed by atoms with Crippen LogP contribution in [-0.4, -0.2) is 96.7 Å². The van der Waals surface area contributed by atoms with Gasteiger partial charge in [0.05, 0.1) is 26.4 Å². The molecule has 0 amide bonds. The molecule has 0 aliphatic heterocycles. The molecule has 103 heavy (non-hydrogen) atoms. The van der Waals surface area contributed by atoms with E-state index in [0.717, 1.165) is 114 Å². The second-order valence-electron chi connectivity index (χ2n) is 31.2. The van der Waals surface area contributed by atoms with Crippen LogP contribution in [-0.2, 0) is 65.4 Å². The molecular weight excluding hydrogens is 1340 g/mol. The van der Waals surface area contributed by atoms with Crippen molar-refractivity contribution in [1.29, 1.82) is 0 Å². The lowest BCUT2D eigenvalue weighted by molar-refractivity contribution is -0.161. The van der Waals surface area contributed by atoms with Gasteiger partial charge in [-0.3, -0.25) is 37.3 Å². The summed E-state index contributed by atoms with van der Waals surface area (Å²) in [5.41, 5.74) is 0. The van der Waals surface area contributed by atoms with Gasteiger partial charge in [-0.25, -0.2) is 9.13 Å². The van der Waals surface area contributed by atoms with Crippen molar-refractivity contribution >= 4 is 39.5 Å². The third-order valence-corrected chi connectivity index (χ3v) is 22.3. The smallest absolute Gasteiger partial charge is 0.462 e. The molecule has 3 N–H and O–H groups in total. The van der Waals surface area contributed by atoms with Crippen molar-refractivity contribution in [3.63, 3.8) is 0 Å². The van der Waals surface area contributed by atoms with Crippen LogP contribution in [0.3, 0.4) is 0 Å². The zero-order valence-electron chi connectivity index (χ0n) is 67.8. The molecule has 19 heteroatoms. The number of carbonyl (C=O) groups is 4. The van der Waals surface area contributed by atoms with Gasteiger partial charge >= 0.3 is 39.5 Å². The minimum absolute atomic E-state index is 0.107. The van der Waals surface area contributed by atoms with Gasteiger partial charge in [-0.15, -0.1) is 0 Å². The SMILES string of the molecule is CCCCCCCCCCCCCCCCCC(=O)O[C@H](COC(=O)CCCCCCCCC(C)CC)COP(=O)(O)OC[C@H](O)COP(=O)(O)OC[C@@H](COC(=O)CCCCCCCCCCCCCCCC(C)C)OC(=O)CCCCCCCCCCCCCCCCCCCCC(C)CC. The normalized spacial score (nSPS) is 14.4. The van der Waals surface area contributed by atoms with E-state index in [1.165, 1.54) is 244 Å². The predicted molar refractivity (Wildman–Crippen MR) is 423 cm³/mol. The Hall–Kier alpha value is -1.94. The van der Waals surface area contributed by atoms with Crippen molar-refractivity contribution in [3.8, 4) is 0 Å². The first-order valence-electron chi connectivity index (χ1n) is 43.4. The minimum Gasteiger partial charge on any atom is -0.462 e. The lowest BCUT2D eigenvalue weighted by atomic mass is 9.99. The van der Waals surface area contributed by atoms with Gasteiger partial charge in [-0.2, -0.15) is 0 Å². The zero-order chi connectivity index (χ0) is 75.8. The summed E-state index contributed by atoms with van der Waals surface area (Å²) in [5.74, 6) is 0.285. The summed E-state index contributed by atoms with van der Waals surface area (Å²) < 4.78 is 68.8.